The van der Waals surface area contributed by atoms with Crippen LogP contribution in [0.1, 0.15) is 52.4 Å². The highest BCUT2D eigenvalue weighted by Crippen LogP contribution is 2.12. The molecule has 37 heavy (non-hydrogen) atoms. The summed E-state index contributed by atoms with van der Waals surface area (Å²) in [6.07, 6.45) is 7.59. The molecule has 0 aliphatic rings. The van der Waals surface area contributed by atoms with Crippen LogP contribution in [0.3, 0.4) is 0 Å². The van der Waals surface area contributed by atoms with E-state index >= 15 is 0 Å². The van der Waals surface area contributed by atoms with Crippen LogP contribution in [0, 0.1) is 0 Å². The van der Waals surface area contributed by atoms with Crippen molar-refractivity contribution in [2.75, 3.05) is 119 Å². The molecule has 10 heteroatoms. The van der Waals surface area contributed by atoms with Crippen LogP contribution in [0.5, 0.6) is 0 Å². The normalized spacial score (nSPS) is 12.4. The summed E-state index contributed by atoms with van der Waals surface area (Å²) in [4.78, 5) is 0. The molecule has 0 aromatic rings. The van der Waals surface area contributed by atoms with Crippen molar-refractivity contribution < 1.29 is 47.7 Å². The largest absolute Gasteiger partial charge is 0.394 e. The van der Waals surface area contributed by atoms with E-state index in [2.05, 4.69) is 13.8 Å². The second-order valence-electron chi connectivity index (χ2n) is 8.40. The molecule has 0 aromatic heterocycles. The van der Waals surface area contributed by atoms with E-state index in [-0.39, 0.29) is 6.61 Å². The summed E-state index contributed by atoms with van der Waals surface area (Å²) < 4.78 is 49.2. The van der Waals surface area contributed by atoms with Gasteiger partial charge >= 0.3 is 0 Å². The first kappa shape index (κ1) is 36.6. The van der Waals surface area contributed by atoms with Crippen molar-refractivity contribution in [3.8, 4) is 0 Å². The smallest absolute Gasteiger partial charge is 0.0704 e. The van der Waals surface area contributed by atoms with Gasteiger partial charge in [-0.1, -0.05) is 39.5 Å². The molecule has 1 atom stereocenters. The highest BCUT2D eigenvalue weighted by Gasteiger charge is 2.07. The average Bonchev–Trinajstić information content (AvgIpc) is 2.90. The van der Waals surface area contributed by atoms with Gasteiger partial charge < -0.3 is 47.7 Å². The molecular formula is C27H56O10. The maximum absolute atomic E-state index is 8.56. The molecule has 0 bridgehead atoms. The van der Waals surface area contributed by atoms with Gasteiger partial charge in [0.05, 0.1) is 125 Å². The molecule has 0 aromatic carbocycles. The standard InChI is InChI=1S/C27H56O10/c1-3-5-6-8-27(7-4-2)37-26-25-36-24-23-35-22-21-34-20-19-33-18-17-32-16-15-31-14-13-30-12-11-29-10-9-28/h27-28H,3-26H2,1-2H3. The van der Waals surface area contributed by atoms with Gasteiger partial charge in [0, 0.05) is 0 Å². The van der Waals surface area contributed by atoms with Crippen LogP contribution in [-0.2, 0) is 42.6 Å². The third-order valence-corrected chi connectivity index (χ3v) is 5.16. The molecule has 0 spiro atoms. The number of aliphatic hydroxyl groups is 1. The molecule has 1 unspecified atom stereocenters. The van der Waals surface area contributed by atoms with Crippen molar-refractivity contribution in [2.45, 2.75) is 58.5 Å². The van der Waals surface area contributed by atoms with Crippen molar-refractivity contribution >= 4 is 0 Å². The Labute approximate surface area is 225 Å². The Morgan fingerprint density at radius 1 is 0.405 bits per heavy atom. The minimum Gasteiger partial charge on any atom is -0.394 e. The quantitative estimate of drug-likeness (QED) is 0.125. The van der Waals surface area contributed by atoms with Gasteiger partial charge in [0.2, 0.25) is 0 Å². The van der Waals surface area contributed by atoms with E-state index in [4.69, 9.17) is 47.7 Å². The van der Waals surface area contributed by atoms with Crippen molar-refractivity contribution in [3.05, 3.63) is 0 Å². The fourth-order valence-electron chi connectivity index (χ4n) is 3.23. The van der Waals surface area contributed by atoms with E-state index in [1.54, 1.807) is 0 Å². The van der Waals surface area contributed by atoms with Crippen molar-refractivity contribution in [2.24, 2.45) is 0 Å². The fourth-order valence-corrected chi connectivity index (χ4v) is 3.23. The summed E-state index contributed by atoms with van der Waals surface area (Å²) in [6.45, 7) is 13.4. The Morgan fingerprint density at radius 2 is 0.757 bits per heavy atom. The van der Waals surface area contributed by atoms with E-state index in [0.717, 1.165) is 19.3 Å². The van der Waals surface area contributed by atoms with Gasteiger partial charge in [-0.3, -0.25) is 0 Å². The molecule has 0 saturated heterocycles. The monoisotopic (exact) mass is 540 g/mol. The van der Waals surface area contributed by atoms with Crippen LogP contribution >= 0.6 is 0 Å². The number of ether oxygens (including phenoxy) is 9. The first-order chi connectivity index (χ1) is 18.3. The van der Waals surface area contributed by atoms with Gasteiger partial charge in [-0.15, -0.1) is 0 Å². The maximum atomic E-state index is 8.56. The summed E-state index contributed by atoms with van der Waals surface area (Å²) in [6, 6.07) is 0. The molecule has 1 N–H and O–H groups in total. The number of hydrogen-bond acceptors (Lipinski definition) is 10. The Bertz CT molecular complexity index is 403. The van der Waals surface area contributed by atoms with Gasteiger partial charge in [0.15, 0.2) is 0 Å². The lowest BCUT2D eigenvalue weighted by Gasteiger charge is -2.17. The lowest BCUT2D eigenvalue weighted by molar-refractivity contribution is -0.0309. The summed E-state index contributed by atoms with van der Waals surface area (Å²) in [5.74, 6) is 0. The van der Waals surface area contributed by atoms with E-state index in [9.17, 15) is 0 Å². The van der Waals surface area contributed by atoms with Gasteiger partial charge in [-0.25, -0.2) is 0 Å². The molecule has 0 fully saturated rings. The minimum absolute atomic E-state index is 0.0321. The highest BCUT2D eigenvalue weighted by molar-refractivity contribution is 4.58. The first-order valence-corrected chi connectivity index (χ1v) is 14.2. The Hall–Kier alpha value is -0.400. The summed E-state index contributed by atoms with van der Waals surface area (Å²) >= 11 is 0. The molecule has 10 nitrogen and oxygen atoms in total. The second kappa shape index (κ2) is 33.6. The molecule has 0 heterocycles. The Kier molecular flexibility index (Phi) is 33.3. The van der Waals surface area contributed by atoms with E-state index in [0.29, 0.717) is 118 Å². The predicted octanol–water partition coefficient (Wildman–Crippen LogP) is 2.88. The van der Waals surface area contributed by atoms with Crippen LogP contribution in [0.15, 0.2) is 0 Å². The topological polar surface area (TPSA) is 103 Å². The maximum Gasteiger partial charge on any atom is 0.0704 e. The first-order valence-electron chi connectivity index (χ1n) is 14.2. The molecule has 0 aliphatic carbocycles. The van der Waals surface area contributed by atoms with E-state index in [1.165, 1.54) is 19.3 Å². The average molecular weight is 541 g/mol. The lowest BCUT2D eigenvalue weighted by atomic mass is 10.1. The minimum atomic E-state index is 0.0321. The van der Waals surface area contributed by atoms with Crippen LogP contribution < -0.4 is 0 Å². The SMILES string of the molecule is CCCCCC(CCC)OCCOCCOCCOCCOCCOCCOCCOCCOCCO. The van der Waals surface area contributed by atoms with Crippen LogP contribution in [0.25, 0.3) is 0 Å². The lowest BCUT2D eigenvalue weighted by Crippen LogP contribution is -2.17. The molecule has 0 rings (SSSR count). The van der Waals surface area contributed by atoms with Gasteiger partial charge in [0.1, 0.15) is 0 Å². The fraction of sp³-hybridized carbons (Fsp3) is 1.00. The summed E-state index contributed by atoms with van der Waals surface area (Å²) in [7, 11) is 0. The van der Waals surface area contributed by atoms with Crippen LogP contribution in [-0.4, -0.2) is 130 Å². The molecule has 0 amide bonds. The van der Waals surface area contributed by atoms with Gasteiger partial charge in [-0.05, 0) is 12.8 Å². The van der Waals surface area contributed by atoms with Crippen molar-refractivity contribution in [1.29, 1.82) is 0 Å². The number of hydrogen-bond donors (Lipinski definition) is 1. The van der Waals surface area contributed by atoms with Crippen molar-refractivity contribution in [3.63, 3.8) is 0 Å². The summed E-state index contributed by atoms with van der Waals surface area (Å²) in [5, 5.41) is 8.56. The molecular weight excluding hydrogens is 484 g/mol. The summed E-state index contributed by atoms with van der Waals surface area (Å²) in [5.41, 5.74) is 0. The van der Waals surface area contributed by atoms with E-state index in [1.807, 2.05) is 0 Å². The zero-order valence-corrected chi connectivity index (χ0v) is 23.7. The van der Waals surface area contributed by atoms with Crippen LogP contribution in [0.4, 0.5) is 0 Å². The Balaban J connectivity index is 3.15. The van der Waals surface area contributed by atoms with Gasteiger partial charge in [-0.2, -0.15) is 0 Å². The zero-order valence-electron chi connectivity index (χ0n) is 23.7. The molecule has 0 aliphatic heterocycles. The zero-order chi connectivity index (χ0) is 26.9. The van der Waals surface area contributed by atoms with Crippen molar-refractivity contribution in [1.82, 2.24) is 0 Å². The Morgan fingerprint density at radius 3 is 1.08 bits per heavy atom. The third kappa shape index (κ3) is 31.7. The number of aliphatic hydroxyl groups excluding tert-OH is 1. The predicted molar refractivity (Wildman–Crippen MR) is 142 cm³/mol. The van der Waals surface area contributed by atoms with Crippen LogP contribution in [0.2, 0.25) is 0 Å². The number of unbranched alkanes of at least 4 members (excludes halogenated alkanes) is 2. The van der Waals surface area contributed by atoms with Gasteiger partial charge in [0.25, 0.3) is 0 Å². The molecule has 0 saturated carbocycles. The second-order valence-corrected chi connectivity index (χ2v) is 8.40. The molecule has 224 valence electrons. The highest BCUT2D eigenvalue weighted by atomic mass is 16.6. The number of rotatable bonds is 33. The van der Waals surface area contributed by atoms with E-state index < -0.39 is 0 Å². The third-order valence-electron chi connectivity index (χ3n) is 5.16. The molecule has 0 radical (unpaired) electrons.